The summed E-state index contributed by atoms with van der Waals surface area (Å²) in [6, 6.07) is 0.0623. The Hall–Kier alpha value is -0.650. The molecule has 21 heavy (non-hydrogen) atoms. The van der Waals surface area contributed by atoms with E-state index in [0.717, 1.165) is 12.8 Å². The average Bonchev–Trinajstić information content (AvgIpc) is 2.63. The lowest BCUT2D eigenvalue weighted by molar-refractivity contribution is -0.138. The topological polar surface area (TPSA) is 50.8 Å². The molecule has 2 heterocycles. The van der Waals surface area contributed by atoms with Crippen LogP contribution in [0.4, 0.5) is 0 Å². The molecular weight excluding hydrogens is 268 g/mol. The van der Waals surface area contributed by atoms with Crippen LogP contribution in [0.15, 0.2) is 0 Å². The zero-order valence-corrected chi connectivity index (χ0v) is 14.1. The van der Waals surface area contributed by atoms with Crippen LogP contribution in [0.25, 0.3) is 0 Å². The number of hydrogen-bond donors (Lipinski definition) is 1. The van der Waals surface area contributed by atoms with Crippen LogP contribution >= 0.6 is 0 Å². The van der Waals surface area contributed by atoms with Gasteiger partial charge in [0.1, 0.15) is 0 Å². The highest BCUT2D eigenvalue weighted by atomic mass is 16.5. The van der Waals surface area contributed by atoms with E-state index in [4.69, 9.17) is 9.47 Å². The Kier molecular flexibility index (Phi) is 4.96. The molecule has 2 aliphatic heterocycles. The highest BCUT2D eigenvalue weighted by Crippen LogP contribution is 2.37. The molecule has 5 heteroatoms. The number of rotatable bonds is 4. The minimum Gasteiger partial charge on any atom is -0.378 e. The molecule has 1 amide bonds. The van der Waals surface area contributed by atoms with Gasteiger partial charge in [-0.05, 0) is 40.5 Å². The molecule has 0 aromatic heterocycles. The summed E-state index contributed by atoms with van der Waals surface area (Å²) in [6.07, 6.45) is 1.72. The Morgan fingerprint density at radius 3 is 2.38 bits per heavy atom. The molecule has 0 aliphatic carbocycles. The minimum atomic E-state index is -0.248. The van der Waals surface area contributed by atoms with Crippen molar-refractivity contribution in [2.45, 2.75) is 70.7 Å². The zero-order chi connectivity index (χ0) is 15.7. The lowest BCUT2D eigenvalue weighted by Gasteiger charge is -2.34. The molecule has 0 aromatic rings. The molecule has 0 radical (unpaired) electrons. The van der Waals surface area contributed by atoms with E-state index in [1.807, 2.05) is 4.90 Å². The lowest BCUT2D eigenvalue weighted by atomic mass is 9.93. The Labute approximate surface area is 128 Å². The van der Waals surface area contributed by atoms with E-state index in [0.29, 0.717) is 26.3 Å². The smallest absolute Gasteiger partial charge is 0.239 e. The van der Waals surface area contributed by atoms with Crippen molar-refractivity contribution in [1.29, 1.82) is 0 Å². The zero-order valence-electron chi connectivity index (χ0n) is 14.1. The number of nitrogens with zero attached hydrogens (tertiary/aromatic N) is 1. The Bertz CT molecular complexity index is 376. The van der Waals surface area contributed by atoms with E-state index < -0.39 is 0 Å². The molecule has 5 nitrogen and oxygen atoms in total. The summed E-state index contributed by atoms with van der Waals surface area (Å²) < 4.78 is 11.4. The summed E-state index contributed by atoms with van der Waals surface area (Å²) in [7, 11) is 0. The molecule has 0 bridgehead atoms. The van der Waals surface area contributed by atoms with Gasteiger partial charge in [-0.3, -0.25) is 4.79 Å². The van der Waals surface area contributed by atoms with Crippen LogP contribution in [0.5, 0.6) is 0 Å². The van der Waals surface area contributed by atoms with Crippen LogP contribution in [0.3, 0.4) is 0 Å². The first-order valence-corrected chi connectivity index (χ1v) is 8.08. The van der Waals surface area contributed by atoms with E-state index >= 15 is 0 Å². The normalized spacial score (nSPS) is 29.4. The van der Waals surface area contributed by atoms with Gasteiger partial charge in [0.25, 0.3) is 0 Å². The number of nitrogens with one attached hydrogen (secondary N) is 1. The summed E-state index contributed by atoms with van der Waals surface area (Å²) in [5.74, 6) is 0.196. The molecule has 0 spiro atoms. The van der Waals surface area contributed by atoms with Crippen LogP contribution in [0.2, 0.25) is 0 Å². The van der Waals surface area contributed by atoms with Crippen LogP contribution in [0.1, 0.15) is 47.5 Å². The molecule has 122 valence electrons. The van der Waals surface area contributed by atoms with Gasteiger partial charge >= 0.3 is 0 Å². The highest BCUT2D eigenvalue weighted by Gasteiger charge is 2.46. The fraction of sp³-hybridized carbons (Fsp3) is 0.938. The van der Waals surface area contributed by atoms with Gasteiger partial charge in [0.2, 0.25) is 5.91 Å². The van der Waals surface area contributed by atoms with Gasteiger partial charge in [-0.1, -0.05) is 6.92 Å². The lowest BCUT2D eigenvalue weighted by Crippen LogP contribution is -2.55. The molecule has 0 saturated carbocycles. The molecule has 2 rings (SSSR count). The van der Waals surface area contributed by atoms with E-state index in [-0.39, 0.29) is 29.2 Å². The third kappa shape index (κ3) is 3.96. The maximum atomic E-state index is 12.7. The Morgan fingerprint density at radius 2 is 1.90 bits per heavy atom. The molecule has 0 unspecified atom stereocenters. The van der Waals surface area contributed by atoms with E-state index in [9.17, 15) is 4.79 Å². The average molecular weight is 298 g/mol. The first kappa shape index (κ1) is 16.7. The van der Waals surface area contributed by atoms with Crippen molar-refractivity contribution >= 4 is 5.91 Å². The number of carbonyl (C=O) groups excluding carboxylic acids is 1. The molecular formula is C16H30N2O3. The second kappa shape index (κ2) is 6.23. The maximum absolute atomic E-state index is 12.7. The number of ether oxygens (including phenoxy) is 2. The SMILES string of the molecule is CC[C@H](N[C@H]1CC(C)(C)OC1(C)C)C(=O)N1CCOCC1. The van der Waals surface area contributed by atoms with Gasteiger partial charge in [-0.2, -0.15) is 0 Å². The second-order valence-electron chi connectivity index (χ2n) is 7.29. The van der Waals surface area contributed by atoms with Crippen LogP contribution < -0.4 is 5.32 Å². The van der Waals surface area contributed by atoms with Crippen LogP contribution in [0, 0.1) is 0 Å². The summed E-state index contributed by atoms with van der Waals surface area (Å²) >= 11 is 0. The Balaban J connectivity index is 2.00. The predicted octanol–water partition coefficient (Wildman–Crippen LogP) is 1.56. The maximum Gasteiger partial charge on any atom is 0.239 e. The fourth-order valence-corrected chi connectivity index (χ4v) is 3.43. The van der Waals surface area contributed by atoms with E-state index in [1.165, 1.54) is 0 Å². The van der Waals surface area contributed by atoms with Crippen molar-refractivity contribution in [3.8, 4) is 0 Å². The van der Waals surface area contributed by atoms with Gasteiger partial charge in [0.15, 0.2) is 0 Å². The summed E-state index contributed by atoms with van der Waals surface area (Å²) in [4.78, 5) is 14.6. The highest BCUT2D eigenvalue weighted by molar-refractivity contribution is 5.82. The van der Waals surface area contributed by atoms with Crippen LogP contribution in [-0.2, 0) is 14.3 Å². The number of morpholine rings is 1. The quantitative estimate of drug-likeness (QED) is 0.856. The van der Waals surface area contributed by atoms with Crippen molar-refractivity contribution < 1.29 is 14.3 Å². The predicted molar refractivity (Wildman–Crippen MR) is 82.3 cm³/mol. The molecule has 1 N–H and O–H groups in total. The molecule has 2 fully saturated rings. The van der Waals surface area contributed by atoms with Gasteiger partial charge in [-0.25, -0.2) is 0 Å². The third-order valence-electron chi connectivity index (χ3n) is 4.51. The van der Waals surface area contributed by atoms with Gasteiger partial charge in [-0.15, -0.1) is 0 Å². The first-order chi connectivity index (χ1) is 9.75. The summed E-state index contributed by atoms with van der Waals surface area (Å²) in [6.45, 7) is 13.2. The molecule has 2 aliphatic rings. The summed E-state index contributed by atoms with van der Waals surface area (Å²) in [5, 5.41) is 3.55. The largest absolute Gasteiger partial charge is 0.378 e. The number of amides is 1. The number of hydrogen-bond acceptors (Lipinski definition) is 4. The standard InChI is InChI=1S/C16H30N2O3/c1-6-12(14(19)18-7-9-20-10-8-18)17-13-11-15(2,3)21-16(13,4)5/h12-13,17H,6-11H2,1-5H3/t12-,13-/m0/s1. The van der Waals surface area contributed by atoms with Crippen molar-refractivity contribution in [2.75, 3.05) is 26.3 Å². The van der Waals surface area contributed by atoms with Crippen molar-refractivity contribution in [3.63, 3.8) is 0 Å². The third-order valence-corrected chi connectivity index (χ3v) is 4.51. The van der Waals surface area contributed by atoms with Crippen molar-refractivity contribution in [1.82, 2.24) is 10.2 Å². The van der Waals surface area contributed by atoms with Gasteiger partial charge in [0.05, 0.1) is 30.5 Å². The van der Waals surface area contributed by atoms with Crippen molar-refractivity contribution in [2.24, 2.45) is 0 Å². The van der Waals surface area contributed by atoms with E-state index in [1.54, 1.807) is 0 Å². The van der Waals surface area contributed by atoms with Crippen LogP contribution in [-0.4, -0.2) is 60.4 Å². The van der Waals surface area contributed by atoms with Crippen molar-refractivity contribution in [3.05, 3.63) is 0 Å². The first-order valence-electron chi connectivity index (χ1n) is 8.08. The minimum absolute atomic E-state index is 0.134. The molecule has 0 aromatic carbocycles. The van der Waals surface area contributed by atoms with Gasteiger partial charge in [0, 0.05) is 19.1 Å². The van der Waals surface area contributed by atoms with Gasteiger partial charge < -0.3 is 19.7 Å². The molecule has 2 saturated heterocycles. The second-order valence-corrected chi connectivity index (χ2v) is 7.29. The summed E-state index contributed by atoms with van der Waals surface area (Å²) in [5.41, 5.74) is -0.385. The molecule has 2 atom stereocenters. The van der Waals surface area contributed by atoms with E-state index in [2.05, 4.69) is 39.9 Å². The Morgan fingerprint density at radius 1 is 1.29 bits per heavy atom. The number of carbonyl (C=O) groups is 1. The monoisotopic (exact) mass is 298 g/mol. The fourth-order valence-electron chi connectivity index (χ4n) is 3.43.